The lowest BCUT2D eigenvalue weighted by molar-refractivity contribution is 0.165. The first-order valence-electron chi connectivity index (χ1n) is 6.52. The van der Waals surface area contributed by atoms with Crippen molar-refractivity contribution in [3.8, 4) is 0 Å². The molecular formula is C12H24N2O2S2. The van der Waals surface area contributed by atoms with Crippen LogP contribution in [-0.2, 0) is 9.84 Å². The number of hydrogen-bond acceptors (Lipinski definition) is 4. The van der Waals surface area contributed by atoms with Gasteiger partial charge in [0.05, 0.1) is 10.7 Å². The van der Waals surface area contributed by atoms with Gasteiger partial charge in [0.2, 0.25) is 0 Å². The number of thiocarbonyl (C=S) groups is 1. The molecule has 1 heterocycles. The minimum atomic E-state index is -2.82. The Balaban J connectivity index is 2.31. The van der Waals surface area contributed by atoms with Crippen molar-refractivity contribution in [1.82, 2.24) is 4.90 Å². The average Bonchev–Trinajstić information content (AvgIpc) is 2.31. The molecule has 0 amide bonds. The van der Waals surface area contributed by atoms with Crippen molar-refractivity contribution in [2.45, 2.75) is 33.1 Å². The van der Waals surface area contributed by atoms with Gasteiger partial charge in [-0.1, -0.05) is 26.1 Å². The van der Waals surface area contributed by atoms with Crippen LogP contribution < -0.4 is 5.73 Å². The number of hydrogen-bond donors (Lipinski definition) is 1. The summed E-state index contributed by atoms with van der Waals surface area (Å²) in [5, 5.41) is 0. The molecule has 0 aliphatic carbocycles. The minimum Gasteiger partial charge on any atom is -0.393 e. The maximum atomic E-state index is 11.4. The van der Waals surface area contributed by atoms with E-state index in [2.05, 4.69) is 11.8 Å². The largest absolute Gasteiger partial charge is 0.393 e. The smallest absolute Gasteiger partial charge is 0.150 e. The van der Waals surface area contributed by atoms with Gasteiger partial charge in [0.1, 0.15) is 9.84 Å². The zero-order chi connectivity index (χ0) is 13.8. The van der Waals surface area contributed by atoms with Crippen LogP contribution in [0.15, 0.2) is 0 Å². The first-order chi connectivity index (χ1) is 8.29. The van der Waals surface area contributed by atoms with Gasteiger partial charge in [0.25, 0.3) is 0 Å². The molecule has 0 aromatic carbocycles. The maximum absolute atomic E-state index is 11.4. The summed E-state index contributed by atoms with van der Waals surface area (Å²) in [5.41, 5.74) is 5.74. The summed E-state index contributed by atoms with van der Waals surface area (Å²) in [6.45, 7) is 6.59. The highest BCUT2D eigenvalue weighted by Gasteiger charge is 2.32. The number of sulfone groups is 1. The molecular weight excluding hydrogens is 268 g/mol. The van der Waals surface area contributed by atoms with Crippen molar-refractivity contribution in [2.24, 2.45) is 11.1 Å². The van der Waals surface area contributed by atoms with E-state index < -0.39 is 9.84 Å². The van der Waals surface area contributed by atoms with Crippen LogP contribution in [0.5, 0.6) is 0 Å². The van der Waals surface area contributed by atoms with E-state index in [-0.39, 0.29) is 11.2 Å². The van der Waals surface area contributed by atoms with Crippen LogP contribution >= 0.6 is 12.2 Å². The van der Waals surface area contributed by atoms with Crippen LogP contribution in [-0.4, -0.2) is 49.4 Å². The molecule has 2 N–H and O–H groups in total. The average molecular weight is 292 g/mol. The standard InChI is InChI=1S/C12H24N2O2S2/c1-3-18(15,16)10-4-7-14-8-5-12(2,6-9-14)11(13)17/h3-10H2,1-2H3,(H2,13,17). The normalized spacial score (nSPS) is 20.8. The van der Waals surface area contributed by atoms with E-state index in [9.17, 15) is 8.42 Å². The molecule has 1 saturated heterocycles. The van der Waals surface area contributed by atoms with Gasteiger partial charge < -0.3 is 10.6 Å². The molecule has 0 aromatic rings. The third-order valence-corrected chi connectivity index (χ3v) is 6.21. The lowest BCUT2D eigenvalue weighted by atomic mass is 9.80. The summed E-state index contributed by atoms with van der Waals surface area (Å²) in [7, 11) is -2.82. The van der Waals surface area contributed by atoms with Gasteiger partial charge in [-0.2, -0.15) is 0 Å². The van der Waals surface area contributed by atoms with Crippen LogP contribution in [0.4, 0.5) is 0 Å². The van der Waals surface area contributed by atoms with Gasteiger partial charge >= 0.3 is 0 Å². The van der Waals surface area contributed by atoms with E-state index in [1.54, 1.807) is 6.92 Å². The van der Waals surface area contributed by atoms with Crippen molar-refractivity contribution in [3.05, 3.63) is 0 Å². The van der Waals surface area contributed by atoms with E-state index in [0.717, 1.165) is 38.9 Å². The van der Waals surface area contributed by atoms with Crippen molar-refractivity contribution in [3.63, 3.8) is 0 Å². The molecule has 4 nitrogen and oxygen atoms in total. The molecule has 1 fully saturated rings. The summed E-state index contributed by atoms with van der Waals surface area (Å²) >= 11 is 5.10. The second-order valence-electron chi connectivity index (χ2n) is 5.36. The van der Waals surface area contributed by atoms with Crippen molar-refractivity contribution in [2.75, 3.05) is 31.1 Å². The molecule has 1 aliphatic heterocycles. The van der Waals surface area contributed by atoms with Gasteiger partial charge in [-0.05, 0) is 38.9 Å². The highest BCUT2D eigenvalue weighted by atomic mass is 32.2. The molecule has 0 bridgehead atoms. The number of piperidine rings is 1. The van der Waals surface area contributed by atoms with Gasteiger partial charge in [-0.3, -0.25) is 0 Å². The van der Waals surface area contributed by atoms with Gasteiger partial charge in [-0.25, -0.2) is 8.42 Å². The third-order valence-electron chi connectivity index (χ3n) is 3.92. The number of nitrogens with two attached hydrogens (primary N) is 1. The fourth-order valence-electron chi connectivity index (χ4n) is 2.17. The molecule has 0 unspecified atom stereocenters. The van der Waals surface area contributed by atoms with Crippen molar-refractivity contribution >= 4 is 27.0 Å². The predicted molar refractivity (Wildman–Crippen MR) is 79.5 cm³/mol. The second kappa shape index (κ2) is 6.30. The highest BCUT2D eigenvalue weighted by Crippen LogP contribution is 2.31. The lowest BCUT2D eigenvalue weighted by Crippen LogP contribution is -2.45. The summed E-state index contributed by atoms with van der Waals surface area (Å²) in [5.74, 6) is 0.541. The first kappa shape index (κ1) is 15.9. The molecule has 6 heteroatoms. The van der Waals surface area contributed by atoms with Crippen LogP contribution in [0.25, 0.3) is 0 Å². The quantitative estimate of drug-likeness (QED) is 0.745. The predicted octanol–water partition coefficient (Wildman–Crippen LogP) is 1.20. The SMILES string of the molecule is CCS(=O)(=O)CCCN1CCC(C)(C(N)=S)CC1. The van der Waals surface area contributed by atoms with E-state index in [0.29, 0.717) is 10.7 Å². The molecule has 0 atom stereocenters. The Kier molecular flexibility index (Phi) is 5.55. The molecule has 0 radical (unpaired) electrons. The Morgan fingerprint density at radius 1 is 1.39 bits per heavy atom. The van der Waals surface area contributed by atoms with Gasteiger partial charge in [0.15, 0.2) is 0 Å². The van der Waals surface area contributed by atoms with E-state index in [1.807, 2.05) is 0 Å². The molecule has 1 aliphatic rings. The molecule has 18 heavy (non-hydrogen) atoms. The number of nitrogens with zero attached hydrogens (tertiary/aromatic N) is 1. The summed E-state index contributed by atoms with van der Waals surface area (Å²) in [4.78, 5) is 2.92. The molecule has 0 spiro atoms. The van der Waals surface area contributed by atoms with Crippen LogP contribution in [0.3, 0.4) is 0 Å². The Hall–Kier alpha value is -0.200. The van der Waals surface area contributed by atoms with E-state index in [1.165, 1.54) is 0 Å². The summed E-state index contributed by atoms with van der Waals surface area (Å²) in [6, 6.07) is 0. The van der Waals surface area contributed by atoms with E-state index >= 15 is 0 Å². The van der Waals surface area contributed by atoms with Gasteiger partial charge in [0, 0.05) is 11.2 Å². The van der Waals surface area contributed by atoms with Gasteiger partial charge in [-0.15, -0.1) is 0 Å². The monoisotopic (exact) mass is 292 g/mol. The fraction of sp³-hybridized carbons (Fsp3) is 0.917. The van der Waals surface area contributed by atoms with E-state index in [4.69, 9.17) is 18.0 Å². The van der Waals surface area contributed by atoms with Crippen molar-refractivity contribution < 1.29 is 8.42 Å². The molecule has 1 rings (SSSR count). The van der Waals surface area contributed by atoms with Crippen LogP contribution in [0.2, 0.25) is 0 Å². The molecule has 106 valence electrons. The Labute approximate surface area is 116 Å². The number of likely N-dealkylation sites (tertiary alicyclic amines) is 1. The molecule has 0 saturated carbocycles. The summed E-state index contributed by atoms with van der Waals surface area (Å²) < 4.78 is 22.8. The van der Waals surface area contributed by atoms with Crippen LogP contribution in [0.1, 0.15) is 33.1 Å². The summed E-state index contributed by atoms with van der Waals surface area (Å²) in [6.07, 6.45) is 2.67. The second-order valence-corrected chi connectivity index (χ2v) is 8.27. The molecule has 0 aromatic heterocycles. The maximum Gasteiger partial charge on any atom is 0.150 e. The number of rotatable bonds is 6. The Bertz CT molecular complexity index is 385. The Morgan fingerprint density at radius 2 is 1.94 bits per heavy atom. The van der Waals surface area contributed by atoms with Crippen LogP contribution in [0, 0.1) is 5.41 Å². The Morgan fingerprint density at radius 3 is 2.39 bits per heavy atom. The highest BCUT2D eigenvalue weighted by molar-refractivity contribution is 7.91. The lowest BCUT2D eigenvalue weighted by Gasteiger charge is -2.38. The minimum absolute atomic E-state index is 0.0126. The fourth-order valence-corrected chi connectivity index (χ4v) is 3.23. The van der Waals surface area contributed by atoms with Crippen molar-refractivity contribution in [1.29, 1.82) is 0 Å². The first-order valence-corrected chi connectivity index (χ1v) is 8.75. The third kappa shape index (κ3) is 4.48. The topological polar surface area (TPSA) is 63.4 Å². The zero-order valence-electron chi connectivity index (χ0n) is 11.3. The zero-order valence-corrected chi connectivity index (χ0v) is 12.9.